The average molecular weight is 453 g/mol. The number of aryl methyl sites for hydroxylation is 1. The largest absolute Gasteiger partial charge is 0.274 e. The average Bonchev–Trinajstić information content (AvgIpc) is 3.01. The normalized spacial score (nSPS) is 16.4. The summed E-state index contributed by atoms with van der Waals surface area (Å²) in [7, 11) is -4.06. The minimum Gasteiger partial charge on any atom is -0.270 e. The molecule has 1 heterocycles. The van der Waals surface area contributed by atoms with E-state index in [-0.39, 0.29) is 23.6 Å². The zero-order chi connectivity index (χ0) is 21.4. The molecule has 0 saturated heterocycles. The van der Waals surface area contributed by atoms with Crippen LogP contribution in [-0.2, 0) is 14.8 Å². The van der Waals surface area contributed by atoms with Crippen molar-refractivity contribution in [2.24, 2.45) is 4.99 Å². The number of carbonyl (C=O) groups excluding carboxylic acids is 1. The van der Waals surface area contributed by atoms with E-state index in [2.05, 4.69) is 4.99 Å². The van der Waals surface area contributed by atoms with Gasteiger partial charge in [-0.2, -0.15) is 4.99 Å². The fourth-order valence-corrected chi connectivity index (χ4v) is 5.83. The third-order valence-corrected chi connectivity index (χ3v) is 7.69. The monoisotopic (exact) mass is 452 g/mol. The van der Waals surface area contributed by atoms with Gasteiger partial charge in [0.25, 0.3) is 15.9 Å². The smallest absolute Gasteiger partial charge is 0.270 e. The molecule has 5 nitrogen and oxygen atoms in total. The lowest BCUT2D eigenvalue weighted by molar-refractivity contribution is -0.124. The summed E-state index contributed by atoms with van der Waals surface area (Å²) in [6.07, 6.45) is 0.571. The fraction of sp³-hybridized carbons (Fsp3) is 0.333. The minimum atomic E-state index is -4.06. The Hall–Kier alpha value is -1.89. The van der Waals surface area contributed by atoms with Gasteiger partial charge in [-0.25, -0.2) is 12.7 Å². The first-order valence-electron chi connectivity index (χ1n) is 9.31. The van der Waals surface area contributed by atoms with Crippen molar-refractivity contribution in [1.82, 2.24) is 4.31 Å². The highest BCUT2D eigenvalue weighted by molar-refractivity contribution is 7.89. The van der Waals surface area contributed by atoms with Crippen molar-refractivity contribution >= 4 is 45.0 Å². The number of benzene rings is 2. The van der Waals surface area contributed by atoms with Crippen LogP contribution in [0.3, 0.4) is 0 Å². The highest BCUT2D eigenvalue weighted by Crippen LogP contribution is 2.40. The van der Waals surface area contributed by atoms with Crippen LogP contribution in [0, 0.1) is 6.92 Å². The molecular formula is C21H22Cl2N2O3S. The number of rotatable bonds is 6. The fourth-order valence-electron chi connectivity index (χ4n) is 3.59. The van der Waals surface area contributed by atoms with Crippen LogP contribution in [0.15, 0.2) is 58.4 Å². The Kier molecular flexibility index (Phi) is 6.08. The number of amidine groups is 1. The molecule has 0 fully saturated rings. The number of carbonyl (C=O) groups is 1. The molecule has 3 rings (SSSR count). The molecule has 0 aromatic heterocycles. The maximum Gasteiger partial charge on any atom is 0.274 e. The van der Waals surface area contributed by atoms with Gasteiger partial charge < -0.3 is 0 Å². The van der Waals surface area contributed by atoms with Gasteiger partial charge in [0, 0.05) is 5.56 Å². The Morgan fingerprint density at radius 1 is 1.03 bits per heavy atom. The zero-order valence-corrected chi connectivity index (χ0v) is 18.7. The Labute approximate surface area is 181 Å². The summed E-state index contributed by atoms with van der Waals surface area (Å²) in [5.41, 5.74) is 0.565. The molecule has 8 heteroatoms. The van der Waals surface area contributed by atoms with E-state index in [1.807, 2.05) is 6.92 Å². The van der Waals surface area contributed by atoms with E-state index in [0.29, 0.717) is 11.1 Å². The Morgan fingerprint density at radius 3 is 2.17 bits per heavy atom. The van der Waals surface area contributed by atoms with Gasteiger partial charge in [-0.1, -0.05) is 55.8 Å². The van der Waals surface area contributed by atoms with Gasteiger partial charge in [0.1, 0.15) is 10.4 Å². The second-order valence-electron chi connectivity index (χ2n) is 6.95. The first-order chi connectivity index (χ1) is 13.7. The van der Waals surface area contributed by atoms with Gasteiger partial charge >= 0.3 is 0 Å². The van der Waals surface area contributed by atoms with Crippen LogP contribution in [-0.4, -0.2) is 30.0 Å². The van der Waals surface area contributed by atoms with Gasteiger partial charge in [0.2, 0.25) is 0 Å². The van der Waals surface area contributed by atoms with Crippen LogP contribution in [0.1, 0.15) is 48.2 Å². The molecule has 2 aromatic rings. The summed E-state index contributed by atoms with van der Waals surface area (Å²) in [6, 6.07) is 13.4. The lowest BCUT2D eigenvalue weighted by Crippen LogP contribution is -2.53. The number of hydrogen-bond acceptors (Lipinski definition) is 3. The van der Waals surface area contributed by atoms with Crippen LogP contribution in [0.4, 0.5) is 0 Å². The lowest BCUT2D eigenvalue weighted by atomic mass is 9.92. The number of amides is 1. The predicted molar refractivity (Wildman–Crippen MR) is 116 cm³/mol. The molecule has 0 radical (unpaired) electrons. The Morgan fingerprint density at radius 2 is 1.62 bits per heavy atom. The Balaban J connectivity index is 2.28. The molecule has 1 aliphatic heterocycles. The lowest BCUT2D eigenvalue weighted by Gasteiger charge is -2.36. The second-order valence-corrected chi connectivity index (χ2v) is 9.83. The number of sulfonamides is 1. The molecule has 0 saturated carbocycles. The van der Waals surface area contributed by atoms with Crippen molar-refractivity contribution in [3.05, 3.63) is 65.2 Å². The van der Waals surface area contributed by atoms with Gasteiger partial charge in [0.15, 0.2) is 5.84 Å². The van der Waals surface area contributed by atoms with E-state index < -0.39 is 26.3 Å². The standard InChI is InChI=1S/C21H22Cl2N2O3S/c1-4-21(5-2)20(26)24-19(17-9-7-6-8-16(17)18(22)23)25(21)29(27,28)15-12-10-14(3)11-13-15/h6-13,18H,4-5H2,1-3H3. The molecule has 0 atom stereocenters. The quantitative estimate of drug-likeness (QED) is 0.578. The third-order valence-electron chi connectivity index (χ3n) is 5.35. The van der Waals surface area contributed by atoms with Gasteiger partial charge in [-0.3, -0.25) is 4.79 Å². The highest BCUT2D eigenvalue weighted by atomic mass is 35.5. The van der Waals surface area contributed by atoms with Crippen LogP contribution >= 0.6 is 23.2 Å². The summed E-state index contributed by atoms with van der Waals surface area (Å²) < 4.78 is 28.6. The first kappa shape index (κ1) is 21.8. The first-order valence-corrected chi connectivity index (χ1v) is 11.6. The second kappa shape index (κ2) is 8.09. The summed E-state index contributed by atoms with van der Waals surface area (Å²) in [5, 5.41) is 0. The number of alkyl halides is 2. The van der Waals surface area contributed by atoms with E-state index in [1.165, 1.54) is 4.31 Å². The summed E-state index contributed by atoms with van der Waals surface area (Å²) in [5.74, 6) is -0.426. The SMILES string of the molecule is CCC1(CC)C(=O)N=C(c2ccccc2C(Cl)Cl)N1S(=O)(=O)c1ccc(C)cc1. The maximum absolute atomic E-state index is 13.7. The zero-order valence-electron chi connectivity index (χ0n) is 16.4. The molecule has 154 valence electrons. The van der Waals surface area contributed by atoms with Crippen LogP contribution in [0.5, 0.6) is 0 Å². The van der Waals surface area contributed by atoms with Gasteiger partial charge in [-0.15, -0.1) is 23.2 Å². The molecule has 1 amide bonds. The van der Waals surface area contributed by atoms with Crippen molar-refractivity contribution in [3.63, 3.8) is 0 Å². The van der Waals surface area contributed by atoms with E-state index in [9.17, 15) is 13.2 Å². The number of halogens is 2. The van der Waals surface area contributed by atoms with Crippen molar-refractivity contribution in [1.29, 1.82) is 0 Å². The molecule has 1 aliphatic rings. The van der Waals surface area contributed by atoms with Crippen molar-refractivity contribution in [2.75, 3.05) is 0 Å². The molecule has 0 unspecified atom stereocenters. The minimum absolute atomic E-state index is 0.0566. The van der Waals surface area contributed by atoms with E-state index in [4.69, 9.17) is 23.2 Å². The molecule has 29 heavy (non-hydrogen) atoms. The third kappa shape index (κ3) is 3.58. The molecule has 0 N–H and O–H groups in total. The van der Waals surface area contributed by atoms with Crippen LogP contribution < -0.4 is 0 Å². The molecular weight excluding hydrogens is 431 g/mol. The van der Waals surface area contributed by atoms with Gasteiger partial charge in [-0.05, 0) is 37.5 Å². The van der Waals surface area contributed by atoms with Crippen molar-refractivity contribution in [3.8, 4) is 0 Å². The number of hydrogen-bond donors (Lipinski definition) is 0. The topological polar surface area (TPSA) is 66.8 Å². The van der Waals surface area contributed by atoms with E-state index >= 15 is 0 Å². The van der Waals surface area contributed by atoms with E-state index in [0.717, 1.165) is 5.56 Å². The molecule has 2 aromatic carbocycles. The highest BCUT2D eigenvalue weighted by Gasteiger charge is 2.54. The summed E-state index contributed by atoms with van der Waals surface area (Å²) >= 11 is 12.2. The van der Waals surface area contributed by atoms with Crippen molar-refractivity contribution < 1.29 is 13.2 Å². The van der Waals surface area contributed by atoms with Gasteiger partial charge in [0.05, 0.1) is 4.90 Å². The van der Waals surface area contributed by atoms with Crippen LogP contribution in [0.25, 0.3) is 0 Å². The number of nitrogens with zero attached hydrogens (tertiary/aromatic N) is 2. The molecule has 0 bridgehead atoms. The van der Waals surface area contributed by atoms with Crippen molar-refractivity contribution in [2.45, 2.75) is 48.9 Å². The summed E-state index contributed by atoms with van der Waals surface area (Å²) in [4.78, 5) is 16.4. The summed E-state index contributed by atoms with van der Waals surface area (Å²) in [6.45, 7) is 5.45. The Bertz CT molecular complexity index is 1060. The van der Waals surface area contributed by atoms with Crippen LogP contribution in [0.2, 0.25) is 0 Å². The molecule has 0 spiro atoms. The maximum atomic E-state index is 13.7. The van der Waals surface area contributed by atoms with E-state index in [1.54, 1.807) is 62.4 Å². The number of aliphatic imine (C=N–C) groups is 1. The predicted octanol–water partition coefficient (Wildman–Crippen LogP) is 5.01. The molecule has 0 aliphatic carbocycles.